The molecular weight excluding hydrogens is 408 g/mol. The summed E-state index contributed by atoms with van der Waals surface area (Å²) >= 11 is 11.7. The summed E-state index contributed by atoms with van der Waals surface area (Å²) in [7, 11) is 1.76. The lowest BCUT2D eigenvalue weighted by atomic mass is 10.1. The van der Waals surface area contributed by atoms with Gasteiger partial charge in [-0.05, 0) is 67.2 Å². The number of rotatable bonds is 6. The van der Waals surface area contributed by atoms with Gasteiger partial charge < -0.3 is 14.4 Å². The molecule has 1 saturated heterocycles. The topological polar surface area (TPSA) is 42.0 Å². The molecule has 2 aromatic carbocycles. The molecule has 0 N–H and O–H groups in total. The van der Waals surface area contributed by atoms with E-state index in [0.29, 0.717) is 33.9 Å². The van der Waals surface area contributed by atoms with Crippen LogP contribution in [0, 0.1) is 12.3 Å². The Hall–Kier alpha value is -3.01. The van der Waals surface area contributed by atoms with Gasteiger partial charge in [-0.1, -0.05) is 23.6 Å². The van der Waals surface area contributed by atoms with Crippen molar-refractivity contribution in [3.8, 4) is 23.8 Å². The van der Waals surface area contributed by atoms with E-state index in [1.165, 1.54) is 4.90 Å². The second-order valence-corrected chi connectivity index (χ2v) is 6.89. The van der Waals surface area contributed by atoms with Crippen molar-refractivity contribution in [2.45, 2.75) is 6.92 Å². The summed E-state index contributed by atoms with van der Waals surface area (Å²) in [6, 6.07) is 12.5. The molecule has 0 atom stereocenters. The van der Waals surface area contributed by atoms with Crippen molar-refractivity contribution in [2.75, 3.05) is 25.2 Å². The number of ether oxygens (including phenoxy) is 2. The molecule has 0 aromatic heterocycles. The number of terminal acetylenes is 1. The summed E-state index contributed by atoms with van der Waals surface area (Å²) in [5, 5.41) is 0.805. The standard InChI is InChI=1S/C22H19ClN2O3S/c1-4-12-28-20-11-6-15(13-18(20)23)14-19-21(26)25(22(29)24(19)3)16-7-9-17(10-8-16)27-5-2/h1,6-11,13-14H,5,12H2,2-3H3/b19-14+. The number of thiocarbonyl (C=S) groups is 1. The van der Waals surface area contributed by atoms with Gasteiger partial charge in [0.05, 0.1) is 17.3 Å². The lowest BCUT2D eigenvalue weighted by Crippen LogP contribution is -2.31. The number of anilines is 1. The molecule has 1 aliphatic heterocycles. The van der Waals surface area contributed by atoms with E-state index < -0.39 is 0 Å². The van der Waals surface area contributed by atoms with Crippen molar-refractivity contribution in [1.82, 2.24) is 4.90 Å². The molecule has 148 valence electrons. The van der Waals surface area contributed by atoms with Gasteiger partial charge in [0.15, 0.2) is 5.11 Å². The van der Waals surface area contributed by atoms with E-state index in [9.17, 15) is 4.79 Å². The minimum Gasteiger partial charge on any atom is -0.494 e. The van der Waals surface area contributed by atoms with Gasteiger partial charge in [-0.2, -0.15) is 0 Å². The normalized spacial score (nSPS) is 15.0. The van der Waals surface area contributed by atoms with Crippen LogP contribution in [0.3, 0.4) is 0 Å². The maximum absolute atomic E-state index is 13.1. The number of carbonyl (C=O) groups is 1. The van der Waals surface area contributed by atoms with Gasteiger partial charge in [-0.25, -0.2) is 0 Å². The third-order valence-corrected chi connectivity index (χ3v) is 4.99. The van der Waals surface area contributed by atoms with Gasteiger partial charge in [0, 0.05) is 7.05 Å². The first-order valence-electron chi connectivity index (χ1n) is 8.88. The van der Waals surface area contributed by atoms with Crippen molar-refractivity contribution >= 4 is 46.6 Å². The minimum absolute atomic E-state index is 0.132. The highest BCUT2D eigenvalue weighted by Crippen LogP contribution is 2.31. The number of amides is 1. The third kappa shape index (κ3) is 4.37. The summed E-state index contributed by atoms with van der Waals surface area (Å²) in [4.78, 5) is 16.2. The first-order chi connectivity index (χ1) is 14.0. The summed E-state index contributed by atoms with van der Waals surface area (Å²) in [6.45, 7) is 2.62. The van der Waals surface area contributed by atoms with Gasteiger partial charge in [0.1, 0.15) is 23.8 Å². The number of hydrogen-bond donors (Lipinski definition) is 0. The Morgan fingerprint density at radius 1 is 1.21 bits per heavy atom. The molecule has 5 nitrogen and oxygen atoms in total. The molecule has 0 radical (unpaired) electrons. The highest BCUT2D eigenvalue weighted by atomic mass is 35.5. The molecule has 2 aromatic rings. The van der Waals surface area contributed by atoms with E-state index >= 15 is 0 Å². The first-order valence-corrected chi connectivity index (χ1v) is 9.67. The van der Waals surface area contributed by atoms with Crippen molar-refractivity contribution in [3.63, 3.8) is 0 Å². The van der Waals surface area contributed by atoms with Crippen molar-refractivity contribution in [2.24, 2.45) is 0 Å². The molecular formula is C22H19ClN2O3S. The highest BCUT2D eigenvalue weighted by molar-refractivity contribution is 7.80. The molecule has 1 heterocycles. The number of nitrogens with zero attached hydrogens (tertiary/aromatic N) is 2. The molecule has 1 aliphatic rings. The van der Waals surface area contributed by atoms with Crippen LogP contribution in [0.2, 0.25) is 5.02 Å². The lowest BCUT2D eigenvalue weighted by Gasteiger charge is -2.16. The fourth-order valence-corrected chi connectivity index (χ4v) is 3.37. The van der Waals surface area contributed by atoms with Crippen LogP contribution >= 0.6 is 23.8 Å². The van der Waals surface area contributed by atoms with E-state index in [4.69, 9.17) is 39.7 Å². The molecule has 1 amide bonds. The number of likely N-dealkylation sites (N-methyl/N-ethyl adjacent to an activating group) is 1. The van der Waals surface area contributed by atoms with Crippen LogP contribution in [0.4, 0.5) is 5.69 Å². The summed E-state index contributed by atoms with van der Waals surface area (Å²) in [5.74, 6) is 3.40. The second-order valence-electron chi connectivity index (χ2n) is 6.12. The minimum atomic E-state index is -0.217. The molecule has 0 aliphatic carbocycles. The van der Waals surface area contributed by atoms with E-state index in [-0.39, 0.29) is 12.5 Å². The smallest absolute Gasteiger partial charge is 0.281 e. The van der Waals surface area contributed by atoms with Gasteiger partial charge in [0.25, 0.3) is 5.91 Å². The zero-order valence-corrected chi connectivity index (χ0v) is 17.6. The Balaban J connectivity index is 1.87. The average Bonchev–Trinajstić information content (AvgIpc) is 2.92. The molecule has 3 rings (SSSR count). The van der Waals surface area contributed by atoms with E-state index in [1.807, 2.05) is 19.1 Å². The van der Waals surface area contributed by atoms with Crippen LogP contribution in [0.5, 0.6) is 11.5 Å². The summed E-state index contributed by atoms with van der Waals surface area (Å²) in [6.07, 6.45) is 6.93. The second kappa shape index (κ2) is 8.99. The van der Waals surface area contributed by atoms with Gasteiger partial charge >= 0.3 is 0 Å². The molecule has 1 fully saturated rings. The maximum Gasteiger partial charge on any atom is 0.281 e. The summed E-state index contributed by atoms with van der Waals surface area (Å²) in [5.41, 5.74) is 1.86. The zero-order valence-electron chi connectivity index (χ0n) is 16.0. The Bertz CT molecular complexity index is 1010. The van der Waals surface area contributed by atoms with Crippen molar-refractivity contribution in [3.05, 3.63) is 58.7 Å². The zero-order chi connectivity index (χ0) is 21.0. The predicted octanol–water partition coefficient (Wildman–Crippen LogP) is 4.36. The van der Waals surface area contributed by atoms with Crippen LogP contribution in [0.1, 0.15) is 12.5 Å². The average molecular weight is 427 g/mol. The number of halogens is 1. The van der Waals surface area contributed by atoms with E-state index in [0.717, 1.165) is 11.3 Å². The van der Waals surface area contributed by atoms with Gasteiger partial charge in [-0.3, -0.25) is 9.69 Å². The largest absolute Gasteiger partial charge is 0.494 e. The van der Waals surface area contributed by atoms with Crippen molar-refractivity contribution in [1.29, 1.82) is 0 Å². The Labute approximate surface area is 180 Å². The maximum atomic E-state index is 13.1. The van der Waals surface area contributed by atoms with Crippen molar-refractivity contribution < 1.29 is 14.3 Å². The lowest BCUT2D eigenvalue weighted by molar-refractivity contribution is -0.114. The monoisotopic (exact) mass is 426 g/mol. The molecule has 0 saturated carbocycles. The first kappa shape index (κ1) is 20.7. The van der Waals surface area contributed by atoms with Crippen LogP contribution < -0.4 is 14.4 Å². The molecule has 0 spiro atoms. The van der Waals surface area contributed by atoms with Gasteiger partial charge in [-0.15, -0.1) is 6.42 Å². The van der Waals surface area contributed by atoms with E-state index in [1.54, 1.807) is 48.4 Å². The quantitative estimate of drug-likeness (QED) is 0.390. The Morgan fingerprint density at radius 2 is 1.93 bits per heavy atom. The van der Waals surface area contributed by atoms with Crippen LogP contribution in [0.15, 0.2) is 48.2 Å². The van der Waals surface area contributed by atoms with Crippen LogP contribution in [0.25, 0.3) is 6.08 Å². The molecule has 0 unspecified atom stereocenters. The predicted molar refractivity (Wildman–Crippen MR) is 119 cm³/mol. The number of benzene rings is 2. The fraction of sp³-hybridized carbons (Fsp3) is 0.182. The number of hydrogen-bond acceptors (Lipinski definition) is 4. The number of carbonyl (C=O) groups excluding carboxylic acids is 1. The van der Waals surface area contributed by atoms with Crippen LogP contribution in [-0.4, -0.2) is 36.2 Å². The molecule has 0 bridgehead atoms. The third-order valence-electron chi connectivity index (χ3n) is 4.24. The summed E-state index contributed by atoms with van der Waals surface area (Å²) < 4.78 is 10.8. The molecule has 29 heavy (non-hydrogen) atoms. The highest BCUT2D eigenvalue weighted by Gasteiger charge is 2.36. The Morgan fingerprint density at radius 3 is 2.55 bits per heavy atom. The SMILES string of the molecule is C#CCOc1ccc(/C=C2\C(=O)N(c3ccc(OCC)cc3)C(=S)N2C)cc1Cl. The fourth-order valence-electron chi connectivity index (χ4n) is 2.84. The van der Waals surface area contributed by atoms with E-state index in [2.05, 4.69) is 5.92 Å². The molecule has 7 heteroatoms. The Kier molecular flexibility index (Phi) is 6.42. The van der Waals surface area contributed by atoms with Crippen LogP contribution in [-0.2, 0) is 4.79 Å². The van der Waals surface area contributed by atoms with Gasteiger partial charge in [0.2, 0.25) is 0 Å².